The quantitative estimate of drug-likeness (QED) is 0.0281. The fourth-order valence-electron chi connectivity index (χ4n) is 5.66. The van der Waals surface area contributed by atoms with Gasteiger partial charge in [-0.05, 0) is 38.5 Å². The molecule has 0 aromatic heterocycles. The molecule has 0 aliphatic heterocycles. The first-order valence-electron chi connectivity index (χ1n) is 20.0. The smallest absolute Gasteiger partial charge is 0.306 e. The molecule has 0 radical (unpaired) electrons. The Labute approximate surface area is 306 Å². The van der Waals surface area contributed by atoms with Crippen LogP contribution in [-0.4, -0.2) is 75.5 Å². The standard InChI is InChI=1S/C42H75NO7/c1-6-8-10-12-14-16-17-18-19-20-21-22-23-24-25-27-29-31-33-41(45)50-38(36-48-35-34-39(42(46)47)43(3,4)5)37-49-40(44)32-30-28-26-15-13-11-9-7-2/h17-22,38-39H,6-16,23-37H2,1-5H3/b18-17+,20-19+,22-21+. The summed E-state index contributed by atoms with van der Waals surface area (Å²) in [7, 11) is 5.39. The van der Waals surface area contributed by atoms with Crippen LogP contribution in [0, 0.1) is 0 Å². The van der Waals surface area contributed by atoms with Crippen LogP contribution in [-0.2, 0) is 28.6 Å². The van der Waals surface area contributed by atoms with Gasteiger partial charge in [0.15, 0.2) is 6.10 Å². The van der Waals surface area contributed by atoms with Gasteiger partial charge in [-0.25, -0.2) is 0 Å². The number of likely N-dealkylation sites (N-methyl/N-ethyl adjacent to an activating group) is 1. The molecule has 0 N–H and O–H groups in total. The number of ether oxygens (including phenoxy) is 3. The van der Waals surface area contributed by atoms with E-state index in [2.05, 4.69) is 50.3 Å². The molecule has 0 fully saturated rings. The Morgan fingerprint density at radius 3 is 1.54 bits per heavy atom. The van der Waals surface area contributed by atoms with E-state index in [4.69, 9.17) is 14.2 Å². The number of rotatable bonds is 35. The van der Waals surface area contributed by atoms with Gasteiger partial charge < -0.3 is 28.6 Å². The minimum Gasteiger partial charge on any atom is -0.544 e. The maximum atomic E-state index is 12.6. The Hall–Kier alpha value is -2.45. The van der Waals surface area contributed by atoms with E-state index in [1.54, 1.807) is 21.1 Å². The molecule has 2 atom stereocenters. The van der Waals surface area contributed by atoms with E-state index in [1.165, 1.54) is 64.2 Å². The Morgan fingerprint density at radius 2 is 1.06 bits per heavy atom. The predicted molar refractivity (Wildman–Crippen MR) is 203 cm³/mol. The number of unbranched alkanes of at least 4 members (excludes halogenated alkanes) is 17. The highest BCUT2D eigenvalue weighted by molar-refractivity contribution is 5.70. The molecule has 0 aliphatic carbocycles. The van der Waals surface area contributed by atoms with Crippen molar-refractivity contribution in [3.8, 4) is 0 Å². The Morgan fingerprint density at radius 1 is 0.600 bits per heavy atom. The summed E-state index contributed by atoms with van der Waals surface area (Å²) in [5, 5.41) is 11.6. The van der Waals surface area contributed by atoms with Crippen LogP contribution in [0.25, 0.3) is 0 Å². The average Bonchev–Trinajstić information content (AvgIpc) is 3.06. The molecule has 2 unspecified atom stereocenters. The summed E-state index contributed by atoms with van der Waals surface area (Å²) in [6.07, 6.45) is 36.0. The van der Waals surface area contributed by atoms with Crippen molar-refractivity contribution in [3.05, 3.63) is 36.5 Å². The number of hydrogen-bond donors (Lipinski definition) is 0. The molecule has 0 aliphatic rings. The van der Waals surface area contributed by atoms with Gasteiger partial charge >= 0.3 is 11.9 Å². The van der Waals surface area contributed by atoms with E-state index < -0.39 is 18.1 Å². The lowest BCUT2D eigenvalue weighted by Gasteiger charge is -2.34. The lowest BCUT2D eigenvalue weighted by Crippen LogP contribution is -2.55. The van der Waals surface area contributed by atoms with Crippen molar-refractivity contribution in [2.45, 2.75) is 174 Å². The number of carboxylic acid groups (broad SMARTS) is 1. The Balaban J connectivity index is 4.40. The Kier molecular flexibility index (Phi) is 32.0. The van der Waals surface area contributed by atoms with Crippen molar-refractivity contribution in [1.82, 2.24) is 0 Å². The monoisotopic (exact) mass is 706 g/mol. The maximum Gasteiger partial charge on any atom is 0.306 e. The minimum atomic E-state index is -1.13. The van der Waals surface area contributed by atoms with Crippen molar-refractivity contribution in [3.63, 3.8) is 0 Å². The van der Waals surface area contributed by atoms with E-state index in [0.717, 1.165) is 64.2 Å². The van der Waals surface area contributed by atoms with Gasteiger partial charge in [-0.15, -0.1) is 0 Å². The molecule has 0 amide bonds. The van der Waals surface area contributed by atoms with Crippen LogP contribution in [0.3, 0.4) is 0 Å². The molecule has 0 aromatic carbocycles. The highest BCUT2D eigenvalue weighted by Gasteiger charge is 2.25. The number of carboxylic acids is 1. The van der Waals surface area contributed by atoms with Gasteiger partial charge in [0.25, 0.3) is 0 Å². The lowest BCUT2D eigenvalue weighted by molar-refractivity contribution is -0.889. The van der Waals surface area contributed by atoms with Gasteiger partial charge in [-0.1, -0.05) is 140 Å². The molecule has 50 heavy (non-hydrogen) atoms. The summed E-state index contributed by atoms with van der Waals surface area (Å²) in [6, 6.07) is -0.727. The molecule has 8 heteroatoms. The number of nitrogens with zero attached hydrogens (tertiary/aromatic N) is 1. The molecule has 0 saturated heterocycles. The molecule has 0 bridgehead atoms. The number of hydrogen-bond acceptors (Lipinski definition) is 7. The first-order chi connectivity index (χ1) is 24.1. The molecule has 0 heterocycles. The van der Waals surface area contributed by atoms with E-state index >= 15 is 0 Å². The van der Waals surface area contributed by atoms with Crippen molar-refractivity contribution in [1.29, 1.82) is 0 Å². The highest BCUT2D eigenvalue weighted by atomic mass is 16.6. The second kappa shape index (κ2) is 33.7. The van der Waals surface area contributed by atoms with Gasteiger partial charge in [-0.3, -0.25) is 9.59 Å². The highest BCUT2D eigenvalue weighted by Crippen LogP contribution is 2.13. The molecular formula is C42H75NO7. The zero-order chi connectivity index (χ0) is 37.1. The molecular weight excluding hydrogens is 630 g/mol. The van der Waals surface area contributed by atoms with Crippen LogP contribution in [0.4, 0.5) is 0 Å². The van der Waals surface area contributed by atoms with Gasteiger partial charge in [0, 0.05) is 19.3 Å². The second-order valence-corrected chi connectivity index (χ2v) is 14.6. The average molecular weight is 706 g/mol. The molecule has 8 nitrogen and oxygen atoms in total. The first kappa shape index (κ1) is 47.5. The van der Waals surface area contributed by atoms with Crippen molar-refractivity contribution in [2.24, 2.45) is 0 Å². The number of aliphatic carboxylic acids is 1. The zero-order valence-corrected chi connectivity index (χ0v) is 32.8. The normalized spacial score (nSPS) is 13.4. The molecule has 0 spiro atoms. The number of allylic oxidation sites excluding steroid dienone is 6. The van der Waals surface area contributed by atoms with Crippen LogP contribution in [0.1, 0.15) is 162 Å². The first-order valence-corrected chi connectivity index (χ1v) is 20.0. The predicted octanol–water partition coefficient (Wildman–Crippen LogP) is 8.96. The van der Waals surface area contributed by atoms with Crippen molar-refractivity contribution in [2.75, 3.05) is 41.0 Å². The summed E-state index contributed by atoms with van der Waals surface area (Å²) in [6.45, 7) is 4.58. The zero-order valence-electron chi connectivity index (χ0n) is 32.8. The number of quaternary nitrogens is 1. The molecule has 0 saturated carbocycles. The molecule has 0 rings (SSSR count). The number of esters is 2. The molecule has 290 valence electrons. The maximum absolute atomic E-state index is 12.6. The van der Waals surface area contributed by atoms with Crippen LogP contribution >= 0.6 is 0 Å². The molecule has 0 aromatic rings. The summed E-state index contributed by atoms with van der Waals surface area (Å²) in [4.78, 5) is 36.6. The fourth-order valence-corrected chi connectivity index (χ4v) is 5.66. The SMILES string of the molecule is CCCCCCC/C=C/C=C/C=C/CCCCCCCC(=O)OC(COCCC(C(=O)[O-])[N+](C)(C)C)COC(=O)CCCCCCCCCC. The largest absolute Gasteiger partial charge is 0.544 e. The van der Waals surface area contributed by atoms with Crippen LogP contribution in [0.15, 0.2) is 36.5 Å². The number of carbonyl (C=O) groups is 3. The Bertz CT molecular complexity index is 922. The van der Waals surface area contributed by atoms with E-state index in [0.29, 0.717) is 12.8 Å². The van der Waals surface area contributed by atoms with Crippen LogP contribution < -0.4 is 5.11 Å². The van der Waals surface area contributed by atoms with E-state index in [-0.39, 0.29) is 42.7 Å². The van der Waals surface area contributed by atoms with Gasteiger partial charge in [0.2, 0.25) is 0 Å². The number of carbonyl (C=O) groups excluding carboxylic acids is 3. The third-order valence-corrected chi connectivity index (χ3v) is 8.84. The topological polar surface area (TPSA) is 102 Å². The third kappa shape index (κ3) is 31.5. The van der Waals surface area contributed by atoms with Gasteiger partial charge in [-0.2, -0.15) is 0 Å². The van der Waals surface area contributed by atoms with E-state index in [9.17, 15) is 19.5 Å². The summed E-state index contributed by atoms with van der Waals surface area (Å²) in [5.74, 6) is -1.77. The second-order valence-electron chi connectivity index (χ2n) is 14.6. The van der Waals surface area contributed by atoms with Gasteiger partial charge in [0.05, 0.1) is 40.3 Å². The lowest BCUT2D eigenvalue weighted by atomic mass is 10.1. The third-order valence-electron chi connectivity index (χ3n) is 8.84. The van der Waals surface area contributed by atoms with Crippen molar-refractivity contribution < 1.29 is 38.2 Å². The summed E-state index contributed by atoms with van der Waals surface area (Å²) in [5.41, 5.74) is 0. The van der Waals surface area contributed by atoms with Gasteiger partial charge in [0.1, 0.15) is 12.6 Å². The fraction of sp³-hybridized carbons (Fsp3) is 0.786. The van der Waals surface area contributed by atoms with Crippen LogP contribution in [0.5, 0.6) is 0 Å². The summed E-state index contributed by atoms with van der Waals surface area (Å²) >= 11 is 0. The minimum absolute atomic E-state index is 0.0335. The van der Waals surface area contributed by atoms with Crippen LogP contribution in [0.2, 0.25) is 0 Å². The van der Waals surface area contributed by atoms with E-state index in [1.807, 2.05) is 0 Å². The van der Waals surface area contributed by atoms with Crippen molar-refractivity contribution >= 4 is 17.9 Å². The summed E-state index contributed by atoms with van der Waals surface area (Å²) < 4.78 is 17.0.